The van der Waals surface area contributed by atoms with Crippen LogP contribution in [0.4, 0.5) is 20.6 Å². The van der Waals surface area contributed by atoms with Gasteiger partial charge in [-0.1, -0.05) is 29.3 Å². The molecule has 0 unspecified atom stereocenters. The van der Waals surface area contributed by atoms with E-state index >= 15 is 0 Å². The molecular formula is C19H17Cl2FN4O. The fourth-order valence-electron chi connectivity index (χ4n) is 2.67. The number of halogens is 3. The van der Waals surface area contributed by atoms with Gasteiger partial charge in [-0.3, -0.25) is 4.68 Å². The van der Waals surface area contributed by atoms with Gasteiger partial charge >= 0.3 is 6.03 Å². The number of carbonyl (C=O) groups excluding carboxylic acids is 1. The van der Waals surface area contributed by atoms with Crippen LogP contribution in [0, 0.1) is 19.7 Å². The van der Waals surface area contributed by atoms with Crippen LogP contribution in [0.15, 0.2) is 42.5 Å². The molecule has 0 spiro atoms. The molecule has 5 nitrogen and oxygen atoms in total. The quantitative estimate of drug-likeness (QED) is 0.588. The van der Waals surface area contributed by atoms with Gasteiger partial charge in [0.1, 0.15) is 5.82 Å². The number of nitrogens with one attached hydrogen (secondary N) is 2. The van der Waals surface area contributed by atoms with Crippen molar-refractivity contribution in [2.24, 2.45) is 0 Å². The molecule has 1 heterocycles. The van der Waals surface area contributed by atoms with Crippen molar-refractivity contribution in [3.63, 3.8) is 0 Å². The van der Waals surface area contributed by atoms with Gasteiger partial charge in [0.2, 0.25) is 0 Å². The van der Waals surface area contributed by atoms with E-state index in [9.17, 15) is 9.18 Å². The predicted molar refractivity (Wildman–Crippen MR) is 106 cm³/mol. The average molecular weight is 407 g/mol. The zero-order valence-corrected chi connectivity index (χ0v) is 16.2. The van der Waals surface area contributed by atoms with Gasteiger partial charge in [-0.25, -0.2) is 9.18 Å². The second-order valence-corrected chi connectivity index (χ2v) is 6.83. The zero-order valence-electron chi connectivity index (χ0n) is 14.7. The summed E-state index contributed by atoms with van der Waals surface area (Å²) in [6.45, 7) is 3.73. The minimum Gasteiger partial charge on any atom is -0.308 e. The van der Waals surface area contributed by atoms with Crippen LogP contribution in [0.2, 0.25) is 10.0 Å². The molecule has 0 radical (unpaired) electrons. The van der Waals surface area contributed by atoms with E-state index in [-0.39, 0.29) is 6.54 Å². The van der Waals surface area contributed by atoms with Crippen molar-refractivity contribution >= 4 is 40.6 Å². The largest absolute Gasteiger partial charge is 0.323 e. The smallest absolute Gasteiger partial charge is 0.308 e. The highest BCUT2D eigenvalue weighted by Crippen LogP contribution is 2.24. The minimum absolute atomic E-state index is 0.165. The summed E-state index contributed by atoms with van der Waals surface area (Å²) in [5.41, 5.74) is 2.83. The van der Waals surface area contributed by atoms with E-state index in [4.69, 9.17) is 23.2 Å². The Labute approximate surface area is 166 Å². The number of aryl methyl sites for hydroxylation is 1. The van der Waals surface area contributed by atoms with Crippen molar-refractivity contribution in [1.29, 1.82) is 0 Å². The molecule has 0 aliphatic heterocycles. The topological polar surface area (TPSA) is 59.0 Å². The molecule has 8 heteroatoms. The Morgan fingerprint density at radius 1 is 1.11 bits per heavy atom. The Bertz CT molecular complexity index is 966. The average Bonchev–Trinajstić information content (AvgIpc) is 2.88. The zero-order chi connectivity index (χ0) is 19.6. The Morgan fingerprint density at radius 2 is 1.81 bits per heavy atom. The summed E-state index contributed by atoms with van der Waals surface area (Å²) in [5, 5.41) is 10.8. The lowest BCUT2D eigenvalue weighted by Crippen LogP contribution is -2.20. The van der Waals surface area contributed by atoms with E-state index in [1.807, 2.05) is 0 Å². The number of rotatable bonds is 4. The summed E-state index contributed by atoms with van der Waals surface area (Å²) in [7, 11) is 0. The number of benzene rings is 2. The van der Waals surface area contributed by atoms with Crippen molar-refractivity contribution in [2.75, 3.05) is 10.6 Å². The summed E-state index contributed by atoms with van der Waals surface area (Å²) >= 11 is 11.9. The number of carbonyl (C=O) groups is 1. The van der Waals surface area contributed by atoms with E-state index in [0.717, 1.165) is 0 Å². The first kappa shape index (κ1) is 19.2. The van der Waals surface area contributed by atoms with E-state index in [1.54, 1.807) is 54.9 Å². The third-order valence-electron chi connectivity index (χ3n) is 4.09. The minimum atomic E-state index is -0.410. The van der Waals surface area contributed by atoms with Crippen molar-refractivity contribution in [3.05, 3.63) is 75.3 Å². The van der Waals surface area contributed by atoms with Gasteiger partial charge in [0, 0.05) is 21.3 Å². The number of nitrogens with zero attached hydrogens (tertiary/aromatic N) is 2. The second kappa shape index (κ2) is 7.98. The molecule has 2 amide bonds. The number of hydrogen-bond acceptors (Lipinski definition) is 2. The molecular weight excluding hydrogens is 390 g/mol. The van der Waals surface area contributed by atoms with Gasteiger partial charge in [0.05, 0.1) is 23.6 Å². The molecule has 0 aliphatic rings. The van der Waals surface area contributed by atoms with Crippen molar-refractivity contribution in [1.82, 2.24) is 9.78 Å². The molecule has 2 N–H and O–H groups in total. The van der Waals surface area contributed by atoms with Crippen LogP contribution in [0.3, 0.4) is 0 Å². The van der Waals surface area contributed by atoms with Crippen LogP contribution in [-0.4, -0.2) is 15.8 Å². The number of urea groups is 1. The highest BCUT2D eigenvalue weighted by Gasteiger charge is 2.16. The van der Waals surface area contributed by atoms with Crippen LogP contribution >= 0.6 is 23.2 Å². The van der Waals surface area contributed by atoms with E-state index in [0.29, 0.717) is 38.4 Å². The Hall–Kier alpha value is -2.57. The number of amides is 2. The monoisotopic (exact) mass is 406 g/mol. The summed E-state index contributed by atoms with van der Waals surface area (Å²) < 4.78 is 15.6. The molecule has 0 atom stereocenters. The van der Waals surface area contributed by atoms with Crippen LogP contribution in [0.5, 0.6) is 0 Å². The van der Waals surface area contributed by atoms with Gasteiger partial charge in [-0.2, -0.15) is 5.10 Å². The lowest BCUT2D eigenvalue weighted by molar-refractivity contribution is 0.262. The predicted octanol–water partition coefficient (Wildman–Crippen LogP) is 5.64. The number of hydrogen-bond donors (Lipinski definition) is 2. The first-order chi connectivity index (χ1) is 12.8. The lowest BCUT2D eigenvalue weighted by Gasteiger charge is -2.10. The normalized spacial score (nSPS) is 10.7. The summed E-state index contributed by atoms with van der Waals surface area (Å²) in [6, 6.07) is 10.9. The highest BCUT2D eigenvalue weighted by atomic mass is 35.5. The third-order valence-corrected chi connectivity index (χ3v) is 4.70. The molecule has 0 bridgehead atoms. The van der Waals surface area contributed by atoms with Gasteiger partial charge in [0.15, 0.2) is 0 Å². The van der Waals surface area contributed by atoms with Crippen LogP contribution in [0.25, 0.3) is 0 Å². The molecule has 27 heavy (non-hydrogen) atoms. The second-order valence-electron chi connectivity index (χ2n) is 5.99. The van der Waals surface area contributed by atoms with Crippen molar-refractivity contribution in [2.45, 2.75) is 20.4 Å². The van der Waals surface area contributed by atoms with E-state index in [2.05, 4.69) is 15.7 Å². The van der Waals surface area contributed by atoms with Crippen LogP contribution in [0.1, 0.15) is 17.0 Å². The SMILES string of the molecule is Cc1nn(Cc2c(F)cccc2Cl)c(C)c1NC(=O)Nc1ccc(Cl)cc1. The standard InChI is InChI=1S/C19H17Cl2FN4O/c1-11-18(24-19(27)23-14-8-6-13(20)7-9-14)12(2)26(25-11)10-15-16(21)4-3-5-17(15)22/h3-9H,10H2,1-2H3,(H2,23,24,27). The maximum Gasteiger partial charge on any atom is 0.323 e. The van der Waals surface area contributed by atoms with Gasteiger partial charge in [0.25, 0.3) is 0 Å². The maximum absolute atomic E-state index is 14.0. The molecule has 0 aliphatic carbocycles. The first-order valence-corrected chi connectivity index (χ1v) is 8.91. The molecule has 2 aromatic carbocycles. The van der Waals surface area contributed by atoms with Gasteiger partial charge in [-0.05, 0) is 50.2 Å². The molecule has 0 saturated heterocycles. The molecule has 1 aromatic heterocycles. The Kier molecular flexibility index (Phi) is 5.68. The Balaban J connectivity index is 1.77. The Morgan fingerprint density at radius 3 is 2.48 bits per heavy atom. The fourth-order valence-corrected chi connectivity index (χ4v) is 3.02. The number of aromatic nitrogens is 2. The molecule has 3 rings (SSSR count). The number of anilines is 2. The molecule has 140 valence electrons. The highest BCUT2D eigenvalue weighted by molar-refractivity contribution is 6.31. The first-order valence-electron chi connectivity index (χ1n) is 8.15. The molecule has 0 saturated carbocycles. The van der Waals surface area contributed by atoms with Gasteiger partial charge < -0.3 is 10.6 Å². The fraction of sp³-hybridized carbons (Fsp3) is 0.158. The van der Waals surface area contributed by atoms with Gasteiger partial charge in [-0.15, -0.1) is 0 Å². The lowest BCUT2D eigenvalue weighted by atomic mass is 10.2. The summed E-state index contributed by atoms with van der Waals surface area (Å²) in [4.78, 5) is 12.3. The van der Waals surface area contributed by atoms with E-state index < -0.39 is 11.8 Å². The maximum atomic E-state index is 14.0. The summed E-state index contributed by atoms with van der Waals surface area (Å²) in [5.74, 6) is -0.398. The van der Waals surface area contributed by atoms with Crippen LogP contribution < -0.4 is 10.6 Å². The molecule has 3 aromatic rings. The van der Waals surface area contributed by atoms with Crippen LogP contribution in [-0.2, 0) is 6.54 Å². The third kappa shape index (κ3) is 4.40. The van der Waals surface area contributed by atoms with Crippen molar-refractivity contribution < 1.29 is 9.18 Å². The summed E-state index contributed by atoms with van der Waals surface area (Å²) in [6.07, 6.45) is 0. The van der Waals surface area contributed by atoms with Crippen molar-refractivity contribution in [3.8, 4) is 0 Å². The van der Waals surface area contributed by atoms with E-state index in [1.165, 1.54) is 6.07 Å². The molecule has 0 fully saturated rings.